The van der Waals surface area contributed by atoms with Gasteiger partial charge in [0, 0.05) is 6.42 Å². The van der Waals surface area contributed by atoms with Crippen LogP contribution in [0.5, 0.6) is 0 Å². The van der Waals surface area contributed by atoms with E-state index in [-0.39, 0.29) is 19.4 Å². The molecule has 6 N–H and O–H groups in total. The zero-order valence-corrected chi connectivity index (χ0v) is 45.4. The molecule has 11 heteroatoms. The number of ether oxygens (including phenoxy) is 3. The van der Waals surface area contributed by atoms with E-state index in [2.05, 4.69) is 86.8 Å². The van der Waals surface area contributed by atoms with E-state index in [0.717, 1.165) is 89.9 Å². The number of carbonyl (C=O) groups excluding carboxylic acids is 2. The normalized spacial score (nSPS) is 20.4. The summed E-state index contributed by atoms with van der Waals surface area (Å²) in [7, 11) is 0. The first-order valence-electron chi connectivity index (χ1n) is 28.4. The highest BCUT2D eigenvalue weighted by molar-refractivity contribution is 5.80. The average Bonchev–Trinajstić information content (AvgIpc) is 3.39. The van der Waals surface area contributed by atoms with Crippen molar-refractivity contribution in [1.82, 2.24) is 5.32 Å². The molecule has 1 heterocycles. The molecule has 1 aliphatic rings. The van der Waals surface area contributed by atoms with Crippen LogP contribution >= 0.6 is 0 Å². The smallest absolute Gasteiger partial charge is 0.306 e. The Morgan fingerprint density at radius 3 is 1.63 bits per heavy atom. The molecule has 8 atom stereocenters. The van der Waals surface area contributed by atoms with Gasteiger partial charge in [-0.1, -0.05) is 219 Å². The molecule has 0 spiro atoms. The van der Waals surface area contributed by atoms with Crippen molar-refractivity contribution in [3.05, 3.63) is 122 Å². The maximum absolute atomic E-state index is 13.4. The zero-order chi connectivity index (χ0) is 53.3. The van der Waals surface area contributed by atoms with Gasteiger partial charge in [-0.2, -0.15) is 0 Å². The van der Waals surface area contributed by atoms with Gasteiger partial charge in [-0.15, -0.1) is 0 Å². The molecule has 1 saturated heterocycles. The standard InChI is InChI=1S/C62H101NO10/c1-4-7-10-13-16-19-22-24-26-27-28-30-31-34-37-40-43-46-49-55(66)61(70)63-53(54(65)48-45-42-39-36-33-21-18-15-12-9-6-3)52-71-62-60(59(69)58(68)56(51-64)72-62)73-57(67)50-47-44-41-38-35-32-29-25-23-20-17-14-11-8-5-2/h8,11,14,16-17,19-20,23-26,28-30,32,34-35,37,45,48,53-56,58-60,62,64-66,68-69H,4-7,9-10,12-13,15,18,21-22,27,31,33,36,38-44,46-47,49-52H2,1-3H3,(H,63,70)/b11-8+,17-14+,19-16-,23-20-,26-24-,29-25-,30-28-,35-32+,37-34-,48-45+. The number of carbonyl (C=O) groups is 2. The average molecular weight is 1020 g/mol. The highest BCUT2D eigenvalue weighted by atomic mass is 16.7. The van der Waals surface area contributed by atoms with Crippen LogP contribution < -0.4 is 5.32 Å². The summed E-state index contributed by atoms with van der Waals surface area (Å²) in [4.78, 5) is 26.4. The molecule has 0 bridgehead atoms. The second-order valence-electron chi connectivity index (χ2n) is 19.1. The zero-order valence-electron chi connectivity index (χ0n) is 45.4. The van der Waals surface area contributed by atoms with Gasteiger partial charge in [0.1, 0.15) is 24.4 Å². The first-order valence-corrected chi connectivity index (χ1v) is 28.4. The molecule has 1 aliphatic heterocycles. The fourth-order valence-electron chi connectivity index (χ4n) is 7.95. The summed E-state index contributed by atoms with van der Waals surface area (Å²) >= 11 is 0. The SMILES string of the molecule is CC/C=C/C=C/C=C\C=C/C=C/CCCCCC(=O)OC1C(OCC(NC(=O)C(O)CCCC/C=C\C/C=C\C/C=C\C/C=C\CCCCC)C(O)/C=C/CCCCCCCCCCC)OC(CO)C(O)C1O. The van der Waals surface area contributed by atoms with Gasteiger partial charge in [-0.05, 0) is 89.9 Å². The van der Waals surface area contributed by atoms with Crippen LogP contribution in [0.4, 0.5) is 0 Å². The minimum atomic E-state index is -1.64. The van der Waals surface area contributed by atoms with Crippen molar-refractivity contribution < 1.29 is 49.3 Å². The van der Waals surface area contributed by atoms with E-state index < -0.39 is 67.4 Å². The molecule has 0 radical (unpaired) electrons. The molecule has 0 aromatic carbocycles. The highest BCUT2D eigenvalue weighted by Gasteiger charge is 2.47. The van der Waals surface area contributed by atoms with Crippen molar-refractivity contribution in [3.63, 3.8) is 0 Å². The van der Waals surface area contributed by atoms with E-state index in [4.69, 9.17) is 14.2 Å². The molecule has 0 aromatic rings. The number of hydrogen-bond acceptors (Lipinski definition) is 10. The summed E-state index contributed by atoms with van der Waals surface area (Å²) in [5, 5.41) is 56.7. The Morgan fingerprint density at radius 1 is 0.562 bits per heavy atom. The Balaban J connectivity index is 2.79. The van der Waals surface area contributed by atoms with Crippen molar-refractivity contribution >= 4 is 11.9 Å². The van der Waals surface area contributed by atoms with Crippen LogP contribution in [0, 0.1) is 0 Å². The maximum atomic E-state index is 13.4. The predicted octanol–water partition coefficient (Wildman–Crippen LogP) is 12.7. The number of unbranched alkanes of at least 4 members (excludes halogenated alkanes) is 17. The Morgan fingerprint density at radius 2 is 1.04 bits per heavy atom. The van der Waals surface area contributed by atoms with Gasteiger partial charge in [0.05, 0.1) is 25.4 Å². The third-order valence-electron chi connectivity index (χ3n) is 12.5. The molecule has 1 rings (SSSR count). The first-order chi connectivity index (χ1) is 35.7. The van der Waals surface area contributed by atoms with E-state index in [1.807, 2.05) is 54.7 Å². The lowest BCUT2D eigenvalue weighted by Crippen LogP contribution is -2.61. The fraction of sp³-hybridized carbons (Fsp3) is 0.645. The van der Waals surface area contributed by atoms with Crippen LogP contribution in [0.3, 0.4) is 0 Å². The topological polar surface area (TPSA) is 175 Å². The molecular formula is C62H101NO10. The van der Waals surface area contributed by atoms with Crippen LogP contribution in [0.25, 0.3) is 0 Å². The lowest BCUT2D eigenvalue weighted by atomic mass is 9.99. The van der Waals surface area contributed by atoms with Crippen LogP contribution in [0.2, 0.25) is 0 Å². The van der Waals surface area contributed by atoms with Gasteiger partial charge in [-0.3, -0.25) is 9.59 Å². The summed E-state index contributed by atoms with van der Waals surface area (Å²) in [5.74, 6) is -1.28. The van der Waals surface area contributed by atoms with Crippen molar-refractivity contribution in [2.24, 2.45) is 0 Å². The number of allylic oxidation sites excluding steroid dienone is 19. The quantitative estimate of drug-likeness (QED) is 0.0149. The summed E-state index contributed by atoms with van der Waals surface area (Å²) < 4.78 is 17.5. The highest BCUT2D eigenvalue weighted by Crippen LogP contribution is 2.26. The second-order valence-corrected chi connectivity index (χ2v) is 19.1. The number of esters is 1. The number of hydrogen-bond donors (Lipinski definition) is 6. The number of rotatable bonds is 45. The lowest BCUT2D eigenvalue weighted by Gasteiger charge is -2.41. The second kappa shape index (κ2) is 49.0. The summed E-state index contributed by atoms with van der Waals surface area (Å²) in [6.45, 7) is 5.53. The predicted molar refractivity (Wildman–Crippen MR) is 301 cm³/mol. The molecule has 1 fully saturated rings. The van der Waals surface area contributed by atoms with Gasteiger partial charge < -0.3 is 45.1 Å². The van der Waals surface area contributed by atoms with Crippen molar-refractivity contribution in [1.29, 1.82) is 0 Å². The number of amides is 1. The molecule has 414 valence electrons. The maximum Gasteiger partial charge on any atom is 0.306 e. The van der Waals surface area contributed by atoms with Crippen LogP contribution in [-0.4, -0.2) is 99.6 Å². The van der Waals surface area contributed by atoms with Gasteiger partial charge in [0.25, 0.3) is 0 Å². The van der Waals surface area contributed by atoms with Gasteiger partial charge in [0.2, 0.25) is 5.91 Å². The van der Waals surface area contributed by atoms with Crippen molar-refractivity contribution in [2.75, 3.05) is 13.2 Å². The Kier molecular flexibility index (Phi) is 45.0. The Bertz CT molecular complexity index is 1640. The molecule has 0 saturated carbocycles. The van der Waals surface area contributed by atoms with Gasteiger partial charge >= 0.3 is 5.97 Å². The van der Waals surface area contributed by atoms with Crippen molar-refractivity contribution in [2.45, 2.75) is 243 Å². The molecule has 0 aliphatic carbocycles. The molecule has 73 heavy (non-hydrogen) atoms. The van der Waals surface area contributed by atoms with E-state index in [0.29, 0.717) is 12.8 Å². The van der Waals surface area contributed by atoms with Crippen LogP contribution in [0.1, 0.15) is 194 Å². The molecule has 1 amide bonds. The largest absolute Gasteiger partial charge is 0.454 e. The lowest BCUT2D eigenvalue weighted by molar-refractivity contribution is -0.305. The summed E-state index contributed by atoms with van der Waals surface area (Å²) in [6, 6.07) is -1.06. The van der Waals surface area contributed by atoms with E-state index in [1.165, 1.54) is 57.8 Å². The summed E-state index contributed by atoms with van der Waals surface area (Å²) in [6.07, 6.45) is 56.7. The van der Waals surface area contributed by atoms with E-state index in [1.54, 1.807) is 6.08 Å². The number of nitrogens with one attached hydrogen (secondary N) is 1. The van der Waals surface area contributed by atoms with Crippen molar-refractivity contribution in [3.8, 4) is 0 Å². The minimum absolute atomic E-state index is 0.0629. The Labute approximate surface area is 442 Å². The minimum Gasteiger partial charge on any atom is -0.454 e. The number of aliphatic hydroxyl groups excluding tert-OH is 5. The number of aliphatic hydroxyl groups is 5. The molecule has 8 unspecified atom stereocenters. The molecule has 11 nitrogen and oxygen atoms in total. The van der Waals surface area contributed by atoms with Gasteiger partial charge in [-0.25, -0.2) is 0 Å². The fourth-order valence-corrected chi connectivity index (χ4v) is 7.95. The van der Waals surface area contributed by atoms with Crippen LogP contribution in [0.15, 0.2) is 122 Å². The third kappa shape index (κ3) is 37.4. The molecular weight excluding hydrogens is 919 g/mol. The first kappa shape index (κ1) is 67.1. The Hall–Kier alpha value is -3.94. The van der Waals surface area contributed by atoms with Crippen LogP contribution in [-0.2, 0) is 23.8 Å². The summed E-state index contributed by atoms with van der Waals surface area (Å²) in [5.41, 5.74) is 0. The van der Waals surface area contributed by atoms with E-state index >= 15 is 0 Å². The molecule has 0 aromatic heterocycles. The van der Waals surface area contributed by atoms with E-state index in [9.17, 15) is 35.1 Å². The monoisotopic (exact) mass is 1020 g/mol. The third-order valence-corrected chi connectivity index (χ3v) is 12.5. The van der Waals surface area contributed by atoms with Gasteiger partial charge in [0.15, 0.2) is 12.4 Å².